The van der Waals surface area contributed by atoms with E-state index in [0.29, 0.717) is 44.2 Å². The van der Waals surface area contributed by atoms with E-state index in [9.17, 15) is 26.7 Å². The zero-order valence-corrected chi connectivity index (χ0v) is 19.2. The number of halogens is 3. The first-order chi connectivity index (χ1) is 16.1. The van der Waals surface area contributed by atoms with E-state index in [-0.39, 0.29) is 5.56 Å². The largest absolute Gasteiger partial charge is 0.755 e. The molecule has 0 aromatic heterocycles. The molecule has 34 heavy (non-hydrogen) atoms. The maximum Gasteiger partial charge on any atom is 0.573 e. The molecular formula is C21H23F3N3O6S-. The lowest BCUT2D eigenvalue weighted by atomic mass is 10.1. The van der Waals surface area contributed by atoms with E-state index in [2.05, 4.69) is 9.64 Å². The average molecular weight is 502 g/mol. The summed E-state index contributed by atoms with van der Waals surface area (Å²) >= 11 is -2.87. The van der Waals surface area contributed by atoms with E-state index in [1.807, 2.05) is 22.9 Å². The van der Waals surface area contributed by atoms with E-state index in [4.69, 9.17) is 9.47 Å². The Bertz CT molecular complexity index is 1020. The number of ether oxygens (including phenoxy) is 3. The number of hydrogen-bond acceptors (Lipinski definition) is 7. The third-order valence-electron chi connectivity index (χ3n) is 5.22. The summed E-state index contributed by atoms with van der Waals surface area (Å²) in [5.74, 6) is 0.0614. The molecule has 0 spiro atoms. The second-order valence-corrected chi connectivity index (χ2v) is 7.98. The van der Waals surface area contributed by atoms with Gasteiger partial charge in [-0.3, -0.25) is 13.9 Å². The molecule has 1 heterocycles. The van der Waals surface area contributed by atoms with Crippen LogP contribution in [0, 0.1) is 0 Å². The van der Waals surface area contributed by atoms with Gasteiger partial charge in [0, 0.05) is 49.6 Å². The van der Waals surface area contributed by atoms with Gasteiger partial charge >= 0.3 is 6.36 Å². The predicted octanol–water partition coefficient (Wildman–Crippen LogP) is 2.77. The Morgan fingerprint density at radius 1 is 1.06 bits per heavy atom. The molecule has 0 radical (unpaired) electrons. The Morgan fingerprint density at radius 3 is 2.21 bits per heavy atom. The number of nitrogens with one attached hydrogen (secondary N) is 1. The lowest BCUT2D eigenvalue weighted by molar-refractivity contribution is -0.274. The molecule has 13 heteroatoms. The summed E-state index contributed by atoms with van der Waals surface area (Å²) in [5.41, 5.74) is 0.388. The van der Waals surface area contributed by atoms with Gasteiger partial charge in [-0.15, -0.1) is 13.2 Å². The lowest BCUT2D eigenvalue weighted by Crippen LogP contribution is -2.48. The van der Waals surface area contributed by atoms with Crippen molar-refractivity contribution in [3.05, 3.63) is 47.5 Å². The van der Waals surface area contributed by atoms with Crippen LogP contribution in [0.1, 0.15) is 15.9 Å². The van der Waals surface area contributed by atoms with Crippen molar-refractivity contribution in [2.45, 2.75) is 12.9 Å². The fourth-order valence-corrected chi connectivity index (χ4v) is 3.99. The van der Waals surface area contributed by atoms with E-state index in [1.54, 1.807) is 14.2 Å². The van der Waals surface area contributed by atoms with E-state index >= 15 is 0 Å². The number of carbonyl (C=O) groups excluding carboxylic acids is 1. The summed E-state index contributed by atoms with van der Waals surface area (Å²) in [6.07, 6.45) is -5.06. The highest BCUT2D eigenvalue weighted by Gasteiger charge is 2.33. The van der Waals surface area contributed by atoms with Crippen LogP contribution in [-0.4, -0.2) is 71.2 Å². The minimum absolute atomic E-state index is 0.0543. The smallest absolute Gasteiger partial charge is 0.573 e. The molecular weight excluding hydrogens is 479 g/mol. The van der Waals surface area contributed by atoms with Gasteiger partial charge in [-0.2, -0.15) is 0 Å². The van der Waals surface area contributed by atoms with Crippen LogP contribution in [0.15, 0.2) is 36.4 Å². The molecule has 9 nitrogen and oxygen atoms in total. The standard InChI is InChI=1S/C21H24F3N3O6S/c1-31-17-4-3-5-18(32-2)15(17)13-26-8-10-27(11-9-26)20(28)14-6-7-16(25-34(29)30)19(12-14)33-21(22,23)24/h3-7,12,25H,8-11,13H2,1-2H3,(H,29,30)/p-1. The molecule has 1 unspecified atom stereocenters. The highest BCUT2D eigenvalue weighted by molar-refractivity contribution is 7.80. The van der Waals surface area contributed by atoms with Crippen molar-refractivity contribution in [2.24, 2.45) is 0 Å². The molecule has 1 atom stereocenters. The SMILES string of the molecule is COc1cccc(OC)c1CN1CCN(C(=O)c2ccc(NS(=O)[O-])c(OC(F)(F)F)c2)CC1. The maximum atomic E-state index is 12.9. The highest BCUT2D eigenvalue weighted by atomic mass is 32.2. The number of rotatable bonds is 8. The van der Waals surface area contributed by atoms with Crippen molar-refractivity contribution in [3.63, 3.8) is 0 Å². The van der Waals surface area contributed by atoms with Gasteiger partial charge in [0.25, 0.3) is 5.91 Å². The van der Waals surface area contributed by atoms with Gasteiger partial charge in [0.15, 0.2) is 5.75 Å². The number of alkyl halides is 3. The number of benzene rings is 2. The minimum atomic E-state index is -5.06. The molecule has 1 saturated heterocycles. The summed E-state index contributed by atoms with van der Waals surface area (Å²) in [7, 11) is 3.14. The van der Waals surface area contributed by atoms with Gasteiger partial charge in [0.2, 0.25) is 0 Å². The quantitative estimate of drug-likeness (QED) is 0.554. The Morgan fingerprint density at radius 2 is 1.68 bits per heavy atom. The number of carbonyl (C=O) groups is 1. The van der Waals surface area contributed by atoms with Crippen LogP contribution in [0.25, 0.3) is 0 Å². The molecule has 1 aliphatic heterocycles. The van der Waals surface area contributed by atoms with E-state index in [1.165, 1.54) is 11.0 Å². The summed E-state index contributed by atoms with van der Waals surface area (Å²) < 4.78 is 76.5. The molecule has 2 aromatic carbocycles. The van der Waals surface area contributed by atoms with Crippen molar-refractivity contribution in [1.29, 1.82) is 0 Å². The van der Waals surface area contributed by atoms with Crippen molar-refractivity contribution in [3.8, 4) is 17.2 Å². The van der Waals surface area contributed by atoms with Gasteiger partial charge in [-0.05, 0) is 30.3 Å². The number of hydrogen-bond donors (Lipinski definition) is 1. The molecule has 1 fully saturated rings. The molecule has 186 valence electrons. The fourth-order valence-electron chi connectivity index (χ4n) is 3.64. The summed E-state index contributed by atoms with van der Waals surface area (Å²) in [6, 6.07) is 8.65. The van der Waals surface area contributed by atoms with Gasteiger partial charge in [-0.25, -0.2) is 0 Å². The average Bonchev–Trinajstić information content (AvgIpc) is 2.79. The first-order valence-corrected chi connectivity index (χ1v) is 11.2. The van der Waals surface area contributed by atoms with Crippen LogP contribution >= 0.6 is 0 Å². The van der Waals surface area contributed by atoms with Gasteiger partial charge < -0.3 is 28.4 Å². The predicted molar refractivity (Wildman–Crippen MR) is 116 cm³/mol. The summed E-state index contributed by atoms with van der Waals surface area (Å²) in [5, 5.41) is 0. The molecule has 1 N–H and O–H groups in total. The lowest BCUT2D eigenvalue weighted by Gasteiger charge is -2.35. The molecule has 0 bridgehead atoms. The van der Waals surface area contributed by atoms with Crippen molar-refractivity contribution in [2.75, 3.05) is 45.1 Å². The Kier molecular flexibility index (Phi) is 8.23. The number of amides is 1. The molecule has 2 aromatic rings. The number of methoxy groups -OCH3 is 2. The maximum absolute atomic E-state index is 12.9. The normalized spacial score (nSPS) is 15.5. The third-order valence-corrected chi connectivity index (χ3v) is 5.61. The Hall–Kier alpha value is -3.03. The number of piperazine rings is 1. The van der Waals surface area contributed by atoms with Crippen molar-refractivity contribution in [1.82, 2.24) is 9.80 Å². The van der Waals surface area contributed by atoms with Crippen LogP contribution in [-0.2, 0) is 17.8 Å². The van der Waals surface area contributed by atoms with Crippen LogP contribution in [0.4, 0.5) is 18.9 Å². The second-order valence-electron chi connectivity index (χ2n) is 7.30. The molecule has 0 aliphatic carbocycles. The van der Waals surface area contributed by atoms with Crippen LogP contribution in [0.3, 0.4) is 0 Å². The van der Waals surface area contributed by atoms with Gasteiger partial charge in [-0.1, -0.05) is 6.07 Å². The molecule has 1 aliphatic rings. The highest BCUT2D eigenvalue weighted by Crippen LogP contribution is 2.33. The zero-order valence-electron chi connectivity index (χ0n) is 18.4. The molecule has 1 amide bonds. The number of nitrogens with zero attached hydrogens (tertiary/aromatic N) is 2. The van der Waals surface area contributed by atoms with E-state index < -0.39 is 35.0 Å². The Balaban J connectivity index is 1.70. The zero-order chi connectivity index (χ0) is 24.9. The van der Waals surface area contributed by atoms with Gasteiger partial charge in [0.1, 0.15) is 11.5 Å². The monoisotopic (exact) mass is 502 g/mol. The van der Waals surface area contributed by atoms with Gasteiger partial charge in [0.05, 0.1) is 25.5 Å². The van der Waals surface area contributed by atoms with Crippen LogP contribution in [0.2, 0.25) is 0 Å². The van der Waals surface area contributed by atoms with Crippen LogP contribution < -0.4 is 18.9 Å². The van der Waals surface area contributed by atoms with Crippen molar-refractivity contribution < 1.29 is 40.9 Å². The second kappa shape index (κ2) is 10.9. The third kappa shape index (κ3) is 6.52. The summed E-state index contributed by atoms with van der Waals surface area (Å²) in [6.45, 7) is 2.26. The van der Waals surface area contributed by atoms with E-state index in [0.717, 1.165) is 17.7 Å². The summed E-state index contributed by atoms with van der Waals surface area (Å²) in [4.78, 5) is 16.5. The number of anilines is 1. The first kappa shape index (κ1) is 25.6. The van der Waals surface area contributed by atoms with Crippen molar-refractivity contribution >= 4 is 22.9 Å². The Labute approximate surface area is 196 Å². The fraction of sp³-hybridized carbons (Fsp3) is 0.381. The molecule has 3 rings (SSSR count). The first-order valence-electron chi connectivity index (χ1n) is 10.1. The molecule has 0 saturated carbocycles. The topological polar surface area (TPSA) is 103 Å². The minimum Gasteiger partial charge on any atom is -0.755 e. The van der Waals surface area contributed by atoms with Crippen LogP contribution in [0.5, 0.6) is 17.2 Å².